The van der Waals surface area contributed by atoms with E-state index in [1.54, 1.807) is 20.2 Å². The quantitative estimate of drug-likeness (QED) is 0.762. The molecule has 0 spiro atoms. The monoisotopic (exact) mass is 280 g/mol. The molecule has 2 rings (SSSR count). The minimum Gasteiger partial charge on any atom is -0.506 e. The lowest BCUT2D eigenvalue weighted by Gasteiger charge is -2.51. The highest BCUT2D eigenvalue weighted by Crippen LogP contribution is 2.42. The summed E-state index contributed by atoms with van der Waals surface area (Å²) in [5, 5.41) is 22.9. The molecule has 1 fully saturated rings. The van der Waals surface area contributed by atoms with Gasteiger partial charge in [0, 0.05) is 42.4 Å². The summed E-state index contributed by atoms with van der Waals surface area (Å²) in [4.78, 5) is 4.07. The number of ether oxygens (including phenoxy) is 1. The Morgan fingerprint density at radius 3 is 2.75 bits per heavy atom. The number of methoxy groups -OCH3 is 1. The molecule has 0 radical (unpaired) electrons. The molecule has 1 aromatic rings. The highest BCUT2D eigenvalue weighted by molar-refractivity contribution is 5.40. The molecule has 2 atom stereocenters. The summed E-state index contributed by atoms with van der Waals surface area (Å²) in [5.74, 6) is 0.171. The maximum absolute atomic E-state index is 10.1. The van der Waals surface area contributed by atoms with Gasteiger partial charge in [-0.15, -0.1) is 0 Å². The fourth-order valence-corrected chi connectivity index (χ4v) is 2.87. The molecule has 0 amide bonds. The second kappa shape index (κ2) is 5.68. The summed E-state index contributed by atoms with van der Waals surface area (Å²) in [6.07, 6.45) is 2.85. The van der Waals surface area contributed by atoms with Crippen molar-refractivity contribution in [2.24, 2.45) is 5.41 Å². The second-order valence-electron chi connectivity index (χ2n) is 6.07. The number of aliphatic hydroxyl groups excluding tert-OH is 1. The minimum absolute atomic E-state index is 0.0752. The van der Waals surface area contributed by atoms with Crippen molar-refractivity contribution in [2.45, 2.75) is 52.5 Å². The van der Waals surface area contributed by atoms with E-state index in [4.69, 9.17) is 4.74 Å². The van der Waals surface area contributed by atoms with E-state index in [1.165, 1.54) is 0 Å². The molecule has 0 aliphatic heterocycles. The lowest BCUT2D eigenvalue weighted by molar-refractivity contribution is -0.0979. The first kappa shape index (κ1) is 15.2. The fraction of sp³-hybridized carbons (Fsp3) is 0.667. The first-order valence-electron chi connectivity index (χ1n) is 6.95. The van der Waals surface area contributed by atoms with Crippen LogP contribution in [0.5, 0.6) is 5.75 Å². The lowest BCUT2D eigenvalue weighted by atomic mass is 9.64. The molecule has 20 heavy (non-hydrogen) atoms. The van der Waals surface area contributed by atoms with Crippen LogP contribution in [0.3, 0.4) is 0 Å². The number of aromatic nitrogens is 1. The van der Waals surface area contributed by atoms with Crippen LogP contribution in [0.25, 0.3) is 0 Å². The molecule has 0 aromatic carbocycles. The largest absolute Gasteiger partial charge is 0.506 e. The van der Waals surface area contributed by atoms with Crippen molar-refractivity contribution in [1.82, 2.24) is 10.3 Å². The number of hydrogen-bond acceptors (Lipinski definition) is 5. The van der Waals surface area contributed by atoms with Gasteiger partial charge in [0.2, 0.25) is 0 Å². The average molecular weight is 280 g/mol. The average Bonchev–Trinajstić information content (AvgIpc) is 2.42. The third-order valence-corrected chi connectivity index (χ3v) is 4.59. The molecule has 5 nitrogen and oxygen atoms in total. The zero-order valence-electron chi connectivity index (χ0n) is 12.6. The Labute approximate surface area is 120 Å². The molecule has 0 saturated heterocycles. The first-order valence-corrected chi connectivity index (χ1v) is 6.95. The summed E-state index contributed by atoms with van der Waals surface area (Å²) in [7, 11) is 1.74. The predicted octanol–water partition coefficient (Wildman–Crippen LogP) is 1.49. The molecule has 1 aliphatic carbocycles. The van der Waals surface area contributed by atoms with E-state index in [1.807, 2.05) is 0 Å². The molecular formula is C15H24N2O3. The molecule has 1 heterocycles. The number of pyridine rings is 1. The highest BCUT2D eigenvalue weighted by atomic mass is 16.5. The molecule has 5 heteroatoms. The standard InChI is InChI=1S/C15H24N2O3/c1-9-14(19)11(10(8-18)6-16-9)7-17-12-5-13(20-4)15(12,2)3/h6,12-13,17-19H,5,7-8H2,1-4H3. The predicted molar refractivity (Wildman–Crippen MR) is 76.4 cm³/mol. The van der Waals surface area contributed by atoms with Gasteiger partial charge in [0.15, 0.2) is 0 Å². The number of aromatic hydroxyl groups is 1. The van der Waals surface area contributed by atoms with Gasteiger partial charge in [0.25, 0.3) is 0 Å². The Hall–Kier alpha value is -1.17. The maximum atomic E-state index is 10.1. The highest BCUT2D eigenvalue weighted by Gasteiger charge is 2.48. The number of nitrogens with one attached hydrogen (secondary N) is 1. The Kier molecular flexibility index (Phi) is 4.32. The lowest BCUT2D eigenvalue weighted by Crippen LogP contribution is -2.60. The number of aryl methyl sites for hydroxylation is 1. The van der Waals surface area contributed by atoms with Crippen LogP contribution in [0.2, 0.25) is 0 Å². The minimum atomic E-state index is -0.118. The fourth-order valence-electron chi connectivity index (χ4n) is 2.87. The Morgan fingerprint density at radius 2 is 2.20 bits per heavy atom. The molecule has 1 saturated carbocycles. The molecule has 2 unspecified atom stereocenters. The Morgan fingerprint density at radius 1 is 1.50 bits per heavy atom. The van der Waals surface area contributed by atoms with Crippen molar-refractivity contribution in [2.75, 3.05) is 7.11 Å². The van der Waals surface area contributed by atoms with E-state index in [0.29, 0.717) is 23.8 Å². The number of aliphatic hydroxyl groups is 1. The van der Waals surface area contributed by atoms with Crippen molar-refractivity contribution < 1.29 is 14.9 Å². The van der Waals surface area contributed by atoms with Crippen LogP contribution in [0.4, 0.5) is 0 Å². The van der Waals surface area contributed by atoms with Crippen molar-refractivity contribution in [3.05, 3.63) is 23.0 Å². The van der Waals surface area contributed by atoms with Gasteiger partial charge in [0.05, 0.1) is 18.4 Å². The molecule has 0 bridgehead atoms. The van der Waals surface area contributed by atoms with Gasteiger partial charge in [-0.25, -0.2) is 0 Å². The summed E-state index contributed by atoms with van der Waals surface area (Å²) in [6, 6.07) is 0.340. The third-order valence-electron chi connectivity index (χ3n) is 4.59. The van der Waals surface area contributed by atoms with Crippen LogP contribution in [-0.4, -0.2) is 34.5 Å². The van der Waals surface area contributed by atoms with Crippen LogP contribution in [0.1, 0.15) is 37.1 Å². The van der Waals surface area contributed by atoms with Gasteiger partial charge in [-0.1, -0.05) is 13.8 Å². The van der Waals surface area contributed by atoms with Crippen molar-refractivity contribution >= 4 is 0 Å². The second-order valence-corrected chi connectivity index (χ2v) is 6.07. The van der Waals surface area contributed by atoms with Crippen LogP contribution in [0, 0.1) is 12.3 Å². The van der Waals surface area contributed by atoms with Crippen LogP contribution in [0.15, 0.2) is 6.20 Å². The molecule has 3 N–H and O–H groups in total. The van der Waals surface area contributed by atoms with Gasteiger partial charge in [-0.2, -0.15) is 0 Å². The summed E-state index contributed by atoms with van der Waals surface area (Å²) in [6.45, 7) is 6.51. The third kappa shape index (κ3) is 2.53. The van der Waals surface area contributed by atoms with Crippen LogP contribution >= 0.6 is 0 Å². The van der Waals surface area contributed by atoms with Gasteiger partial charge in [0.1, 0.15) is 5.75 Å². The maximum Gasteiger partial charge on any atom is 0.141 e. The first-order chi connectivity index (χ1) is 9.41. The molecular weight excluding hydrogens is 256 g/mol. The van der Waals surface area contributed by atoms with E-state index in [0.717, 1.165) is 12.0 Å². The normalized spacial score (nSPS) is 24.4. The van der Waals surface area contributed by atoms with Crippen molar-refractivity contribution in [3.63, 3.8) is 0 Å². The van der Waals surface area contributed by atoms with Gasteiger partial charge >= 0.3 is 0 Å². The van der Waals surface area contributed by atoms with E-state index in [-0.39, 0.29) is 23.9 Å². The summed E-state index contributed by atoms with van der Waals surface area (Å²) in [5.41, 5.74) is 2.06. The topological polar surface area (TPSA) is 74.6 Å². The van der Waals surface area contributed by atoms with E-state index >= 15 is 0 Å². The Balaban J connectivity index is 2.07. The van der Waals surface area contributed by atoms with E-state index < -0.39 is 0 Å². The Bertz CT molecular complexity index is 488. The van der Waals surface area contributed by atoms with Gasteiger partial charge in [-0.05, 0) is 13.3 Å². The SMILES string of the molecule is COC1CC(NCc2c(CO)cnc(C)c2O)C1(C)C. The van der Waals surface area contributed by atoms with Crippen molar-refractivity contribution in [3.8, 4) is 5.75 Å². The smallest absolute Gasteiger partial charge is 0.141 e. The van der Waals surface area contributed by atoms with Gasteiger partial charge < -0.3 is 20.3 Å². The van der Waals surface area contributed by atoms with Crippen LogP contribution < -0.4 is 5.32 Å². The molecule has 1 aliphatic rings. The summed E-state index contributed by atoms with van der Waals surface area (Å²) >= 11 is 0. The van der Waals surface area contributed by atoms with Crippen molar-refractivity contribution in [1.29, 1.82) is 0 Å². The van der Waals surface area contributed by atoms with Crippen LogP contribution in [-0.2, 0) is 17.9 Å². The van der Waals surface area contributed by atoms with E-state index in [9.17, 15) is 10.2 Å². The number of hydrogen-bond donors (Lipinski definition) is 3. The zero-order valence-corrected chi connectivity index (χ0v) is 12.6. The number of nitrogens with zero attached hydrogens (tertiary/aromatic N) is 1. The zero-order chi connectivity index (χ0) is 14.9. The summed E-state index contributed by atoms with van der Waals surface area (Å²) < 4.78 is 5.43. The number of rotatable bonds is 5. The van der Waals surface area contributed by atoms with Gasteiger partial charge in [-0.3, -0.25) is 4.98 Å². The molecule has 112 valence electrons. The van der Waals surface area contributed by atoms with E-state index in [2.05, 4.69) is 24.1 Å². The molecule has 1 aromatic heterocycles.